The van der Waals surface area contributed by atoms with E-state index in [1.165, 1.54) is 189 Å². The van der Waals surface area contributed by atoms with Crippen molar-refractivity contribution in [3.63, 3.8) is 0 Å². The van der Waals surface area contributed by atoms with Gasteiger partial charge in [-0.25, -0.2) is 9.97 Å². The molecule has 0 saturated heterocycles. The quantitative estimate of drug-likeness (QED) is 0.0893. The third-order valence-corrected chi connectivity index (χ3v) is 20.0. The van der Waals surface area contributed by atoms with Gasteiger partial charge in [0.2, 0.25) is 0 Å². The molecule has 4 nitrogen and oxygen atoms in total. The van der Waals surface area contributed by atoms with Crippen LogP contribution in [0.25, 0.3) is 75.9 Å². The van der Waals surface area contributed by atoms with Gasteiger partial charge < -0.3 is 9.97 Å². The van der Waals surface area contributed by atoms with Crippen LogP contribution in [0.15, 0.2) is 60.7 Å². The van der Waals surface area contributed by atoms with Crippen LogP contribution in [0.5, 0.6) is 0 Å². The molecule has 0 atom stereocenters. The molecule has 3 aromatic heterocycles. The number of nitrogens with one attached hydrogen (secondary N) is 2. The summed E-state index contributed by atoms with van der Waals surface area (Å²) in [5, 5.41) is 5.21. The van der Waals surface area contributed by atoms with Crippen molar-refractivity contribution in [2.24, 2.45) is 0 Å². The minimum Gasteiger partial charge on any atom is -0.354 e. The number of hydrogen-bond donors (Lipinski definition) is 2. The molecule has 72 heavy (non-hydrogen) atoms. The Kier molecular flexibility index (Phi) is 19.4. The van der Waals surface area contributed by atoms with Crippen LogP contribution in [0, 0.1) is 0 Å². The molecule has 8 heteroatoms. The molecule has 3 aliphatic heterocycles. The van der Waals surface area contributed by atoms with Crippen LogP contribution in [0.3, 0.4) is 0 Å². The fourth-order valence-corrected chi connectivity index (χ4v) is 15.7. The monoisotopic (exact) mass is 1030 g/mol. The molecule has 6 aromatic rings. The van der Waals surface area contributed by atoms with Crippen molar-refractivity contribution >= 4 is 100 Å². The van der Waals surface area contributed by atoms with E-state index in [9.17, 15) is 0 Å². The fourth-order valence-electron chi connectivity index (χ4n) is 10.9. The van der Waals surface area contributed by atoms with Gasteiger partial charge in [-0.2, -0.15) is 23.5 Å². The lowest BCUT2D eigenvalue weighted by molar-refractivity contribution is 0.758. The number of aromatic amines is 2. The van der Waals surface area contributed by atoms with Crippen molar-refractivity contribution < 1.29 is 0 Å². The van der Waals surface area contributed by atoms with Gasteiger partial charge in [0.15, 0.2) is 0 Å². The first-order valence-electron chi connectivity index (χ1n) is 28.4. The van der Waals surface area contributed by atoms with Gasteiger partial charge in [-0.15, -0.1) is 23.5 Å². The lowest BCUT2D eigenvalue weighted by Crippen LogP contribution is -1.97. The number of benzene rings is 3. The average molecular weight is 1040 g/mol. The van der Waals surface area contributed by atoms with E-state index in [1.54, 1.807) is 0 Å². The molecule has 6 heterocycles. The maximum absolute atomic E-state index is 5.78. The predicted octanol–water partition coefficient (Wildman–Crippen LogP) is 19.6. The van der Waals surface area contributed by atoms with Crippen LogP contribution in [0.4, 0.5) is 0 Å². The van der Waals surface area contributed by atoms with Gasteiger partial charge in [0.25, 0.3) is 0 Å². The summed E-state index contributed by atoms with van der Waals surface area (Å²) in [6, 6.07) is 25.0. The molecule has 3 aliphatic rings. The van der Waals surface area contributed by atoms with Crippen molar-refractivity contribution in [2.75, 3.05) is 34.5 Å². The molecule has 0 fully saturated rings. The summed E-state index contributed by atoms with van der Waals surface area (Å²) in [6.07, 6.45) is 23.4. The molecule has 0 amide bonds. The SMILES string of the molecule is CCCCc1cc2c(cc1CCCC)-c1cc3[nH]c(cc4nc(cc5[nH]c(cc-2n1)c1cc(CCCC)c(CCCC)cc51)C1=C4SCCCSCCSCCCS1)c1cc(CCCC)c(CCCC)cc31. The maximum atomic E-state index is 5.78. The minimum atomic E-state index is 1.06. The van der Waals surface area contributed by atoms with Crippen LogP contribution in [-0.4, -0.2) is 54.5 Å². The standard InChI is InChI=1S/C64H82N4S4/c1-7-13-21-43-33-49-50(34-44(43)22-14-8-2)56-40-58-52-36-46(24-16-10-4)48(26-18-12-6)38-54(52)60(67-58)42-62-64-63(71-29-19-27-69-31-32-70-28-20-30-72-64)61(68-62)41-59-53-37-47(25-17-11-5)45(23-15-9-3)35-51(53)57(66-59)39-55(49)65-56/h33-42,66-67H,7-32H2,1-6H3. The average Bonchev–Trinajstić information content (AvgIpc) is 4.11. The van der Waals surface area contributed by atoms with Crippen LogP contribution in [-0.2, 0) is 38.5 Å². The van der Waals surface area contributed by atoms with Gasteiger partial charge in [-0.3, -0.25) is 0 Å². The Morgan fingerprint density at radius 2 is 0.639 bits per heavy atom. The fraction of sp³-hybridized carbons (Fsp3) is 0.500. The molecule has 0 saturated carbocycles. The highest BCUT2D eigenvalue weighted by Gasteiger charge is 2.25. The van der Waals surface area contributed by atoms with Crippen molar-refractivity contribution in [3.05, 3.63) is 105 Å². The Morgan fingerprint density at radius 3 is 0.958 bits per heavy atom. The summed E-state index contributed by atoms with van der Waals surface area (Å²) in [7, 11) is 0. The summed E-state index contributed by atoms with van der Waals surface area (Å²) in [5.41, 5.74) is 20.5. The summed E-state index contributed by atoms with van der Waals surface area (Å²) in [6.45, 7) is 14.0. The third-order valence-electron chi connectivity index (χ3n) is 15.1. The number of fused-ring (bicyclic) bond motifs is 19. The van der Waals surface area contributed by atoms with Crippen LogP contribution in [0.2, 0.25) is 0 Å². The molecule has 8 bridgehead atoms. The van der Waals surface area contributed by atoms with E-state index >= 15 is 0 Å². The maximum Gasteiger partial charge on any atom is 0.0806 e. The second kappa shape index (κ2) is 26.3. The van der Waals surface area contributed by atoms with E-state index in [1.807, 2.05) is 23.5 Å². The molecule has 382 valence electrons. The molecule has 0 aliphatic carbocycles. The predicted molar refractivity (Wildman–Crippen MR) is 328 cm³/mol. The van der Waals surface area contributed by atoms with Crippen LogP contribution in [0.1, 0.15) is 176 Å². The van der Waals surface area contributed by atoms with Gasteiger partial charge in [0.1, 0.15) is 0 Å². The lowest BCUT2D eigenvalue weighted by Gasteiger charge is -2.13. The number of hydrogen-bond acceptors (Lipinski definition) is 6. The zero-order valence-electron chi connectivity index (χ0n) is 44.7. The normalized spacial score (nSPS) is 14.8. The van der Waals surface area contributed by atoms with Gasteiger partial charge >= 0.3 is 0 Å². The van der Waals surface area contributed by atoms with Crippen LogP contribution < -0.4 is 0 Å². The van der Waals surface area contributed by atoms with E-state index in [-0.39, 0.29) is 0 Å². The van der Waals surface area contributed by atoms with Gasteiger partial charge in [0, 0.05) is 76.1 Å². The first-order chi connectivity index (χ1) is 35.4. The summed E-state index contributed by atoms with van der Waals surface area (Å²) < 4.78 is 0. The van der Waals surface area contributed by atoms with Gasteiger partial charge in [-0.1, -0.05) is 80.1 Å². The van der Waals surface area contributed by atoms with E-state index in [2.05, 4.69) is 136 Å². The van der Waals surface area contributed by atoms with E-state index in [4.69, 9.17) is 9.97 Å². The Bertz CT molecular complexity index is 2830. The zero-order chi connectivity index (χ0) is 49.8. The van der Waals surface area contributed by atoms with Crippen molar-refractivity contribution in [1.29, 1.82) is 0 Å². The number of rotatable bonds is 18. The number of aromatic nitrogens is 4. The zero-order valence-corrected chi connectivity index (χ0v) is 48.0. The molecule has 3 aromatic carbocycles. The molecule has 9 rings (SSSR count). The molecular weight excluding hydrogens is 953 g/mol. The third kappa shape index (κ3) is 12.4. The molecular formula is C64H82N4S4. The Balaban J connectivity index is 1.41. The highest BCUT2D eigenvalue weighted by Crippen LogP contribution is 2.47. The number of thioether (sulfide) groups is 4. The van der Waals surface area contributed by atoms with Crippen molar-refractivity contribution in [3.8, 4) is 22.5 Å². The number of unbranched alkanes of at least 4 members (excludes halogenated alkanes) is 6. The molecule has 0 radical (unpaired) electrons. The van der Waals surface area contributed by atoms with Gasteiger partial charge in [0.05, 0.1) is 22.8 Å². The first kappa shape index (κ1) is 53.3. The highest BCUT2D eigenvalue weighted by molar-refractivity contribution is 8.13. The second-order valence-electron chi connectivity index (χ2n) is 20.7. The molecule has 2 N–H and O–H groups in total. The molecule has 0 spiro atoms. The van der Waals surface area contributed by atoms with E-state index in [0.29, 0.717) is 0 Å². The van der Waals surface area contributed by atoms with E-state index in [0.717, 1.165) is 94.9 Å². The topological polar surface area (TPSA) is 57.4 Å². The summed E-state index contributed by atoms with van der Waals surface area (Å²) >= 11 is 8.35. The number of nitrogens with zero attached hydrogens (tertiary/aromatic N) is 2. The van der Waals surface area contributed by atoms with E-state index < -0.39 is 0 Å². The van der Waals surface area contributed by atoms with Crippen LogP contribution >= 0.6 is 47.0 Å². The van der Waals surface area contributed by atoms with Crippen molar-refractivity contribution in [1.82, 2.24) is 19.9 Å². The minimum absolute atomic E-state index is 1.06. The van der Waals surface area contributed by atoms with Gasteiger partial charge in [-0.05, 0) is 207 Å². The van der Waals surface area contributed by atoms with Crippen molar-refractivity contribution in [2.45, 2.75) is 170 Å². The Morgan fingerprint density at radius 1 is 0.347 bits per heavy atom. The highest BCUT2D eigenvalue weighted by atomic mass is 32.2. The smallest absolute Gasteiger partial charge is 0.0806 e. The number of H-pyrrole nitrogens is 2. The first-order valence-corrected chi connectivity index (χ1v) is 32.7. The Hall–Kier alpha value is -3.56. The summed E-state index contributed by atoms with van der Waals surface area (Å²) in [5.74, 6) is 7.12. The Labute approximate surface area is 449 Å². The number of aryl methyl sites for hydroxylation is 6. The molecule has 0 unspecified atom stereocenters. The summed E-state index contributed by atoms with van der Waals surface area (Å²) in [4.78, 5) is 22.5. The lowest BCUT2D eigenvalue weighted by atomic mass is 9.91. The largest absolute Gasteiger partial charge is 0.354 e. The second-order valence-corrected chi connectivity index (χ2v) is 25.3.